The minimum atomic E-state index is -0.827. The van der Waals surface area contributed by atoms with Crippen LogP contribution in [0.4, 0.5) is 0 Å². The van der Waals surface area contributed by atoms with E-state index in [0.29, 0.717) is 19.4 Å². The molecule has 0 spiro atoms. The van der Waals surface area contributed by atoms with Gasteiger partial charge in [0.25, 0.3) is 0 Å². The fraction of sp³-hybridized carbons (Fsp3) is 0.778. The van der Waals surface area contributed by atoms with Crippen molar-refractivity contribution in [3.05, 3.63) is 0 Å². The highest BCUT2D eigenvalue weighted by molar-refractivity contribution is 5.85. The van der Waals surface area contributed by atoms with Crippen LogP contribution in [0.3, 0.4) is 0 Å². The van der Waals surface area contributed by atoms with Crippen LogP contribution in [0.15, 0.2) is 0 Å². The maximum absolute atomic E-state index is 11.4. The van der Waals surface area contributed by atoms with E-state index >= 15 is 0 Å². The predicted molar refractivity (Wildman–Crippen MR) is 54.3 cm³/mol. The van der Waals surface area contributed by atoms with Gasteiger partial charge >= 0.3 is 0 Å². The number of primary amides is 1. The van der Waals surface area contributed by atoms with E-state index < -0.39 is 5.54 Å². The van der Waals surface area contributed by atoms with Crippen molar-refractivity contribution in [2.75, 3.05) is 6.54 Å². The molecular weight excluding hydrogens is 182 g/mol. The molecule has 14 heavy (non-hydrogen) atoms. The molecule has 0 saturated carbocycles. The molecule has 0 rings (SSSR count). The number of hydrogen-bond donors (Lipinski definition) is 3. The topological polar surface area (TPSA) is 98.2 Å². The lowest BCUT2D eigenvalue weighted by Crippen LogP contribution is -2.51. The van der Waals surface area contributed by atoms with Crippen LogP contribution in [0.2, 0.25) is 0 Å². The van der Waals surface area contributed by atoms with Crippen LogP contribution in [0, 0.1) is 0 Å². The first-order chi connectivity index (χ1) is 6.40. The summed E-state index contributed by atoms with van der Waals surface area (Å²) in [5.74, 6) is -0.547. The lowest BCUT2D eigenvalue weighted by Gasteiger charge is -2.21. The lowest BCUT2D eigenvalue weighted by atomic mass is 9.99. The Bertz CT molecular complexity index is 214. The quantitative estimate of drug-likeness (QED) is 0.505. The zero-order valence-electron chi connectivity index (χ0n) is 8.80. The second-order valence-electron chi connectivity index (χ2n) is 3.60. The first kappa shape index (κ1) is 12.9. The predicted octanol–water partition coefficient (Wildman–Crippen LogP) is -0.504. The normalized spacial score (nSPS) is 14.5. The van der Waals surface area contributed by atoms with Gasteiger partial charge in [0.2, 0.25) is 11.8 Å². The van der Waals surface area contributed by atoms with E-state index in [-0.39, 0.29) is 18.2 Å². The molecular formula is C9H19N3O2. The van der Waals surface area contributed by atoms with E-state index in [4.69, 9.17) is 11.5 Å². The molecule has 0 aliphatic heterocycles. The number of amides is 2. The highest BCUT2D eigenvalue weighted by Gasteiger charge is 2.25. The number of hydrogen-bond acceptors (Lipinski definition) is 3. The lowest BCUT2D eigenvalue weighted by molar-refractivity contribution is -0.126. The van der Waals surface area contributed by atoms with Gasteiger partial charge in [-0.3, -0.25) is 9.59 Å². The Labute approximate surface area is 84.2 Å². The number of nitrogens with two attached hydrogens (primary N) is 2. The van der Waals surface area contributed by atoms with Gasteiger partial charge in [0.05, 0.1) is 5.54 Å². The largest absolute Gasteiger partial charge is 0.370 e. The van der Waals surface area contributed by atoms with Gasteiger partial charge in [0.1, 0.15) is 0 Å². The van der Waals surface area contributed by atoms with Gasteiger partial charge in [-0.15, -0.1) is 0 Å². The molecule has 0 aliphatic carbocycles. The molecule has 0 aromatic heterocycles. The minimum absolute atomic E-state index is 0.190. The Balaban J connectivity index is 3.70. The number of carbonyl (C=O) groups is 2. The minimum Gasteiger partial charge on any atom is -0.370 e. The molecule has 5 heteroatoms. The summed E-state index contributed by atoms with van der Waals surface area (Å²) in [7, 11) is 0. The van der Waals surface area contributed by atoms with Gasteiger partial charge in [-0.2, -0.15) is 0 Å². The Morgan fingerprint density at radius 1 is 1.43 bits per heavy atom. The van der Waals surface area contributed by atoms with Crippen LogP contribution >= 0.6 is 0 Å². The zero-order valence-corrected chi connectivity index (χ0v) is 8.80. The average molecular weight is 201 g/mol. The van der Waals surface area contributed by atoms with Gasteiger partial charge in [0, 0.05) is 13.0 Å². The summed E-state index contributed by atoms with van der Waals surface area (Å²) < 4.78 is 0. The molecule has 0 bridgehead atoms. The van der Waals surface area contributed by atoms with Crippen molar-refractivity contribution in [1.29, 1.82) is 0 Å². The van der Waals surface area contributed by atoms with Crippen molar-refractivity contribution in [2.24, 2.45) is 11.5 Å². The molecule has 1 atom stereocenters. The molecule has 2 amide bonds. The fourth-order valence-electron chi connectivity index (χ4n) is 0.827. The molecule has 5 nitrogen and oxygen atoms in total. The molecule has 0 aromatic rings. The summed E-state index contributed by atoms with van der Waals surface area (Å²) in [6.45, 7) is 3.97. The van der Waals surface area contributed by atoms with Crippen LogP contribution in [0.5, 0.6) is 0 Å². The molecule has 82 valence electrons. The molecule has 0 aromatic carbocycles. The average Bonchev–Trinajstić information content (AvgIpc) is 2.11. The first-order valence-corrected chi connectivity index (χ1v) is 4.75. The van der Waals surface area contributed by atoms with Crippen LogP contribution < -0.4 is 16.8 Å². The van der Waals surface area contributed by atoms with E-state index in [1.54, 1.807) is 6.92 Å². The fourth-order valence-corrected chi connectivity index (χ4v) is 0.827. The summed E-state index contributed by atoms with van der Waals surface area (Å²) in [4.78, 5) is 21.8. The molecule has 1 unspecified atom stereocenters. The highest BCUT2D eigenvalue weighted by atomic mass is 16.2. The summed E-state index contributed by atoms with van der Waals surface area (Å²) in [5, 5.41) is 2.66. The smallest absolute Gasteiger partial charge is 0.239 e. The van der Waals surface area contributed by atoms with Crippen LogP contribution in [-0.4, -0.2) is 23.9 Å². The van der Waals surface area contributed by atoms with E-state index in [9.17, 15) is 9.59 Å². The maximum Gasteiger partial charge on any atom is 0.239 e. The molecule has 0 saturated heterocycles. The van der Waals surface area contributed by atoms with E-state index in [2.05, 4.69) is 5.32 Å². The Morgan fingerprint density at radius 2 is 2.00 bits per heavy atom. The van der Waals surface area contributed by atoms with Crippen molar-refractivity contribution < 1.29 is 9.59 Å². The van der Waals surface area contributed by atoms with Crippen molar-refractivity contribution >= 4 is 11.8 Å². The van der Waals surface area contributed by atoms with E-state index in [1.807, 2.05) is 6.92 Å². The van der Waals surface area contributed by atoms with Gasteiger partial charge < -0.3 is 16.8 Å². The van der Waals surface area contributed by atoms with Crippen LogP contribution in [0.1, 0.15) is 33.1 Å². The molecule has 0 radical (unpaired) electrons. The van der Waals surface area contributed by atoms with Gasteiger partial charge in [-0.25, -0.2) is 0 Å². The van der Waals surface area contributed by atoms with E-state index in [1.165, 1.54) is 0 Å². The van der Waals surface area contributed by atoms with Crippen LogP contribution in [-0.2, 0) is 9.59 Å². The molecule has 0 fully saturated rings. The monoisotopic (exact) mass is 201 g/mol. The number of carbonyl (C=O) groups excluding carboxylic acids is 2. The van der Waals surface area contributed by atoms with Crippen molar-refractivity contribution in [2.45, 2.75) is 38.6 Å². The number of rotatable bonds is 6. The van der Waals surface area contributed by atoms with Crippen molar-refractivity contribution in [3.63, 3.8) is 0 Å². The Hall–Kier alpha value is -1.10. The van der Waals surface area contributed by atoms with Gasteiger partial charge in [-0.1, -0.05) is 6.92 Å². The van der Waals surface area contributed by atoms with Crippen LogP contribution in [0.25, 0.3) is 0 Å². The molecule has 5 N–H and O–H groups in total. The summed E-state index contributed by atoms with van der Waals surface area (Å²) in [6.07, 6.45) is 1.42. The highest BCUT2D eigenvalue weighted by Crippen LogP contribution is 2.03. The van der Waals surface area contributed by atoms with Gasteiger partial charge in [0.15, 0.2) is 0 Å². The summed E-state index contributed by atoms with van der Waals surface area (Å²) in [6, 6.07) is 0. The van der Waals surface area contributed by atoms with Crippen molar-refractivity contribution in [3.8, 4) is 0 Å². The SMILES string of the molecule is CCC(C)(N)C(=O)NCCCC(N)=O. The third-order valence-electron chi connectivity index (χ3n) is 2.14. The number of nitrogens with one attached hydrogen (secondary N) is 1. The summed E-state index contributed by atoms with van der Waals surface area (Å²) >= 11 is 0. The Kier molecular flexibility index (Phi) is 5.15. The Morgan fingerprint density at radius 3 is 2.43 bits per heavy atom. The third kappa shape index (κ3) is 4.81. The molecule has 0 heterocycles. The standard InChI is InChI=1S/C9H19N3O2/c1-3-9(2,11)8(14)12-6-4-5-7(10)13/h3-6,11H2,1-2H3,(H2,10,13)(H,12,14). The molecule has 0 aliphatic rings. The first-order valence-electron chi connectivity index (χ1n) is 4.75. The second kappa shape index (κ2) is 5.59. The van der Waals surface area contributed by atoms with Crippen molar-refractivity contribution in [1.82, 2.24) is 5.32 Å². The second-order valence-corrected chi connectivity index (χ2v) is 3.60. The maximum atomic E-state index is 11.4. The summed E-state index contributed by atoms with van der Waals surface area (Å²) in [5.41, 5.74) is 9.82. The zero-order chi connectivity index (χ0) is 11.2. The third-order valence-corrected chi connectivity index (χ3v) is 2.14. The van der Waals surface area contributed by atoms with E-state index in [0.717, 1.165) is 0 Å². The van der Waals surface area contributed by atoms with Gasteiger partial charge in [-0.05, 0) is 19.8 Å².